The number of amides is 1. The smallest absolute Gasteiger partial charge is 0.249 e. The molecule has 0 aromatic heterocycles. The van der Waals surface area contributed by atoms with Crippen LogP contribution >= 0.6 is 0 Å². The number of ether oxygens (including phenoxy) is 2. The molecule has 51 heavy (non-hydrogen) atoms. The first-order valence-corrected chi connectivity index (χ1v) is 20.2. The van der Waals surface area contributed by atoms with E-state index in [9.17, 15) is 35.4 Å². The van der Waals surface area contributed by atoms with E-state index in [1.54, 1.807) is 6.08 Å². The monoisotopic (exact) mass is 726 g/mol. The lowest BCUT2D eigenvalue weighted by Crippen LogP contribution is -2.60. The van der Waals surface area contributed by atoms with Crippen LogP contribution < -0.4 is 5.32 Å². The number of hydrogen-bond acceptors (Lipinski definition) is 9. The molecule has 1 aliphatic rings. The maximum absolute atomic E-state index is 13.0. The fourth-order valence-electron chi connectivity index (χ4n) is 6.20. The SMILES string of the molecule is CCCCCCC/C=C/C(C)=C/CC/C=C/[C@@H](O)[C@H](CO[C@@H]1O[C@H](CO)[C@@H](O)C(O)C1O)NC(=O)[C@H](O)CCCCCCCCCCCCCC. The van der Waals surface area contributed by atoms with Gasteiger partial charge in [-0.3, -0.25) is 4.79 Å². The third kappa shape index (κ3) is 22.2. The van der Waals surface area contributed by atoms with Crippen LogP contribution in [0.2, 0.25) is 0 Å². The van der Waals surface area contributed by atoms with Crippen LogP contribution in [0.15, 0.2) is 36.0 Å². The van der Waals surface area contributed by atoms with Crippen LogP contribution in [0.25, 0.3) is 0 Å². The molecular formula is C41H75NO9. The summed E-state index contributed by atoms with van der Waals surface area (Å²) in [7, 11) is 0. The molecule has 0 aromatic carbocycles. The van der Waals surface area contributed by atoms with Crippen molar-refractivity contribution < 1.29 is 44.9 Å². The molecule has 1 amide bonds. The number of carbonyl (C=O) groups is 1. The predicted molar refractivity (Wildman–Crippen MR) is 204 cm³/mol. The molecule has 0 radical (unpaired) electrons. The van der Waals surface area contributed by atoms with Gasteiger partial charge in [-0.1, -0.05) is 153 Å². The Morgan fingerprint density at radius 2 is 1.31 bits per heavy atom. The second-order valence-corrected chi connectivity index (χ2v) is 14.4. The largest absolute Gasteiger partial charge is 0.394 e. The molecule has 0 bridgehead atoms. The fourth-order valence-corrected chi connectivity index (χ4v) is 6.20. The minimum atomic E-state index is -1.62. The predicted octanol–water partition coefficient (Wildman–Crippen LogP) is 6.30. The van der Waals surface area contributed by atoms with E-state index >= 15 is 0 Å². The van der Waals surface area contributed by atoms with Crippen molar-refractivity contribution in [2.45, 2.75) is 205 Å². The number of rotatable bonds is 31. The highest BCUT2D eigenvalue weighted by Crippen LogP contribution is 2.22. The highest BCUT2D eigenvalue weighted by molar-refractivity contribution is 5.80. The maximum atomic E-state index is 13.0. The van der Waals surface area contributed by atoms with E-state index in [1.807, 2.05) is 6.08 Å². The summed E-state index contributed by atoms with van der Waals surface area (Å²) < 4.78 is 11.1. The van der Waals surface area contributed by atoms with Crippen molar-refractivity contribution in [3.8, 4) is 0 Å². The summed E-state index contributed by atoms with van der Waals surface area (Å²) in [6.07, 6.45) is 23.4. The molecule has 1 heterocycles. The second kappa shape index (κ2) is 30.8. The van der Waals surface area contributed by atoms with Crippen molar-refractivity contribution in [2.75, 3.05) is 13.2 Å². The molecule has 7 N–H and O–H groups in total. The van der Waals surface area contributed by atoms with Crippen LogP contribution in [0.1, 0.15) is 156 Å². The lowest BCUT2D eigenvalue weighted by Gasteiger charge is -2.40. The van der Waals surface area contributed by atoms with E-state index in [0.29, 0.717) is 19.3 Å². The molecule has 1 rings (SSSR count). The van der Waals surface area contributed by atoms with Gasteiger partial charge in [-0.25, -0.2) is 0 Å². The molecular weight excluding hydrogens is 650 g/mol. The number of aliphatic hydroxyl groups is 6. The van der Waals surface area contributed by atoms with Gasteiger partial charge in [0, 0.05) is 0 Å². The molecule has 0 saturated carbocycles. The molecule has 10 nitrogen and oxygen atoms in total. The zero-order valence-electron chi connectivity index (χ0n) is 32.2. The van der Waals surface area contributed by atoms with Crippen LogP contribution in [-0.2, 0) is 14.3 Å². The van der Waals surface area contributed by atoms with E-state index in [4.69, 9.17) is 9.47 Å². The van der Waals surface area contributed by atoms with Gasteiger partial charge in [0.25, 0.3) is 0 Å². The lowest BCUT2D eigenvalue weighted by molar-refractivity contribution is -0.302. The molecule has 10 heteroatoms. The van der Waals surface area contributed by atoms with Crippen LogP contribution in [0.5, 0.6) is 0 Å². The lowest BCUT2D eigenvalue weighted by atomic mass is 9.99. The fraction of sp³-hybridized carbons (Fsp3) is 0.829. The minimum Gasteiger partial charge on any atom is -0.394 e. The highest BCUT2D eigenvalue weighted by atomic mass is 16.7. The Morgan fingerprint density at radius 1 is 0.745 bits per heavy atom. The molecule has 298 valence electrons. The summed E-state index contributed by atoms with van der Waals surface area (Å²) >= 11 is 0. The van der Waals surface area contributed by atoms with Gasteiger partial charge in [-0.15, -0.1) is 0 Å². The number of allylic oxidation sites excluding steroid dienone is 5. The van der Waals surface area contributed by atoms with Gasteiger partial charge in [0.1, 0.15) is 30.5 Å². The average molecular weight is 726 g/mol. The molecule has 0 aromatic rings. The molecule has 1 saturated heterocycles. The van der Waals surface area contributed by atoms with E-state index in [1.165, 1.54) is 89.0 Å². The van der Waals surface area contributed by atoms with E-state index in [-0.39, 0.29) is 6.61 Å². The van der Waals surface area contributed by atoms with Crippen molar-refractivity contribution in [3.63, 3.8) is 0 Å². The highest BCUT2D eigenvalue weighted by Gasteiger charge is 2.44. The van der Waals surface area contributed by atoms with Gasteiger partial charge in [0.2, 0.25) is 5.91 Å². The standard InChI is InChI=1S/C41H75NO9/c1-4-6-8-10-12-13-14-15-16-18-20-24-29-35(45)40(49)42-33(31-50-41-39(48)38(47)37(46)36(30-43)51-41)34(44)28-25-21-23-27-32(3)26-22-19-17-11-9-7-5-2/h22,25-28,33-39,41,43-48H,4-21,23-24,29-31H2,1-3H3,(H,42,49)/b26-22+,28-25+,32-27+/t33-,34+,35+,36+,37+,38?,39?,41+/m0/s1. The number of carbonyl (C=O) groups excluding carboxylic acids is 1. The Morgan fingerprint density at radius 3 is 1.90 bits per heavy atom. The van der Waals surface area contributed by atoms with Gasteiger partial charge in [0.15, 0.2) is 6.29 Å². The third-order valence-corrected chi connectivity index (χ3v) is 9.65. The Kier molecular flexibility index (Phi) is 28.6. The van der Waals surface area contributed by atoms with Crippen LogP contribution in [0.4, 0.5) is 0 Å². The Balaban J connectivity index is 2.62. The molecule has 1 aliphatic heterocycles. The first kappa shape index (κ1) is 47.4. The first-order chi connectivity index (χ1) is 24.7. The first-order valence-electron chi connectivity index (χ1n) is 20.2. The second-order valence-electron chi connectivity index (χ2n) is 14.4. The topological polar surface area (TPSA) is 169 Å². The summed E-state index contributed by atoms with van der Waals surface area (Å²) in [4.78, 5) is 13.0. The van der Waals surface area contributed by atoms with Crippen molar-refractivity contribution >= 4 is 5.91 Å². The number of nitrogens with one attached hydrogen (secondary N) is 1. The van der Waals surface area contributed by atoms with Gasteiger partial charge in [-0.05, 0) is 39.0 Å². The molecule has 8 atom stereocenters. The van der Waals surface area contributed by atoms with Crippen molar-refractivity contribution in [3.05, 3.63) is 36.0 Å². The number of unbranched alkanes of at least 4 members (excludes halogenated alkanes) is 17. The molecule has 0 aliphatic carbocycles. The van der Waals surface area contributed by atoms with E-state index < -0.39 is 61.5 Å². The van der Waals surface area contributed by atoms with Gasteiger partial charge in [-0.2, -0.15) is 0 Å². The maximum Gasteiger partial charge on any atom is 0.249 e. The zero-order valence-corrected chi connectivity index (χ0v) is 32.2. The normalized spacial score (nSPS) is 23.2. The van der Waals surface area contributed by atoms with Crippen molar-refractivity contribution in [1.29, 1.82) is 0 Å². The van der Waals surface area contributed by atoms with Gasteiger partial charge < -0.3 is 45.4 Å². The van der Waals surface area contributed by atoms with Gasteiger partial charge in [0.05, 0.1) is 25.4 Å². The molecule has 2 unspecified atom stereocenters. The summed E-state index contributed by atoms with van der Waals surface area (Å²) in [6, 6.07) is -1.00. The van der Waals surface area contributed by atoms with E-state index in [2.05, 4.69) is 44.3 Å². The number of aliphatic hydroxyl groups excluding tert-OH is 6. The average Bonchev–Trinajstić information content (AvgIpc) is 3.12. The van der Waals surface area contributed by atoms with Crippen LogP contribution in [0, 0.1) is 0 Å². The molecule has 1 fully saturated rings. The van der Waals surface area contributed by atoms with Gasteiger partial charge >= 0.3 is 0 Å². The summed E-state index contributed by atoms with van der Waals surface area (Å²) in [6.45, 7) is 5.58. The Bertz CT molecular complexity index is 940. The Hall–Kier alpha value is -1.63. The van der Waals surface area contributed by atoms with Crippen LogP contribution in [0.3, 0.4) is 0 Å². The number of hydrogen-bond donors (Lipinski definition) is 7. The summed E-state index contributed by atoms with van der Waals surface area (Å²) in [5.41, 5.74) is 1.18. The van der Waals surface area contributed by atoms with Crippen LogP contribution in [-0.4, -0.2) is 98.7 Å². The molecule has 0 spiro atoms. The summed E-state index contributed by atoms with van der Waals surface area (Å²) in [5, 5.41) is 64.4. The minimum absolute atomic E-state index is 0.300. The zero-order chi connectivity index (χ0) is 37.7. The van der Waals surface area contributed by atoms with Crippen molar-refractivity contribution in [1.82, 2.24) is 5.32 Å². The summed E-state index contributed by atoms with van der Waals surface area (Å²) in [5.74, 6) is -0.636. The van der Waals surface area contributed by atoms with Crippen molar-refractivity contribution in [2.24, 2.45) is 0 Å². The quantitative estimate of drug-likeness (QED) is 0.0246. The Labute approximate surface area is 309 Å². The van der Waals surface area contributed by atoms with E-state index in [0.717, 1.165) is 32.1 Å². The third-order valence-electron chi connectivity index (χ3n) is 9.65.